The van der Waals surface area contributed by atoms with Gasteiger partial charge < -0.3 is 42.6 Å². The lowest BCUT2D eigenvalue weighted by Gasteiger charge is -2.43. The summed E-state index contributed by atoms with van der Waals surface area (Å²) in [5, 5.41) is 0. The van der Waals surface area contributed by atoms with E-state index in [1.807, 2.05) is 0 Å². The largest absolute Gasteiger partial charge is 0.496 e. The van der Waals surface area contributed by atoms with Gasteiger partial charge in [0.1, 0.15) is 23.7 Å². The Kier molecular flexibility index (Phi) is 12.7. The number of esters is 7. The van der Waals surface area contributed by atoms with Crippen molar-refractivity contribution in [3.63, 3.8) is 0 Å². The first-order valence-electron chi connectivity index (χ1n) is 14.8. The van der Waals surface area contributed by atoms with Crippen LogP contribution < -0.4 is 9.47 Å². The van der Waals surface area contributed by atoms with Crippen molar-refractivity contribution in [2.24, 2.45) is 0 Å². The van der Waals surface area contributed by atoms with Crippen LogP contribution >= 0.6 is 0 Å². The number of carbonyl (C=O) groups excluding carboxylic acids is 7. The number of hydrogen-bond donors (Lipinski definition) is 0. The molecule has 0 saturated carbocycles. The molecule has 0 amide bonds. The molecular weight excluding hydrogens is 640 g/mol. The average Bonchev–Trinajstić information content (AvgIpc) is 3.39. The van der Waals surface area contributed by atoms with Crippen molar-refractivity contribution < 1.29 is 76.2 Å². The van der Waals surface area contributed by atoms with E-state index >= 15 is 0 Å². The number of carbonyl (C=O) groups is 7. The third-order valence-electron chi connectivity index (χ3n) is 7.34. The quantitative estimate of drug-likeness (QED) is 0.134. The Hall–Kier alpha value is -4.99. The molecule has 16 heteroatoms. The van der Waals surface area contributed by atoms with E-state index in [9.17, 15) is 33.6 Å². The molecule has 1 saturated heterocycles. The molecule has 48 heavy (non-hydrogen) atoms. The lowest BCUT2D eigenvalue weighted by atomic mass is 9.94. The van der Waals surface area contributed by atoms with Crippen LogP contribution in [0.3, 0.4) is 0 Å². The molecule has 2 heterocycles. The van der Waals surface area contributed by atoms with Gasteiger partial charge in [0.05, 0.1) is 14.2 Å². The van der Waals surface area contributed by atoms with Gasteiger partial charge >= 0.3 is 41.8 Å². The summed E-state index contributed by atoms with van der Waals surface area (Å²) in [6, 6.07) is 0. The van der Waals surface area contributed by atoms with E-state index in [4.69, 9.17) is 42.6 Å². The second-order valence-corrected chi connectivity index (χ2v) is 10.9. The third kappa shape index (κ3) is 8.87. The molecule has 3 rings (SSSR count). The predicted octanol–water partition coefficient (Wildman–Crippen LogP) is 2.10. The number of benzene rings is 1. The van der Waals surface area contributed by atoms with Crippen LogP contribution in [0, 0.1) is 6.92 Å². The Morgan fingerprint density at radius 2 is 1.42 bits per heavy atom. The highest BCUT2D eigenvalue weighted by Crippen LogP contribution is 2.44. The summed E-state index contributed by atoms with van der Waals surface area (Å²) in [5.74, 6) is -6.15. The molecule has 2 aliphatic heterocycles. The molecule has 0 bridgehead atoms. The van der Waals surface area contributed by atoms with Gasteiger partial charge in [0.2, 0.25) is 12.4 Å². The first-order chi connectivity index (χ1) is 22.6. The van der Waals surface area contributed by atoms with E-state index in [2.05, 4.69) is 0 Å². The van der Waals surface area contributed by atoms with E-state index < -0.39 is 72.5 Å². The molecule has 0 aromatic heterocycles. The molecule has 0 unspecified atom stereocenters. The van der Waals surface area contributed by atoms with Crippen molar-refractivity contribution in [2.45, 2.75) is 98.1 Å². The van der Waals surface area contributed by atoms with Crippen molar-refractivity contribution in [1.82, 2.24) is 0 Å². The topological polar surface area (TPSA) is 203 Å². The Morgan fingerprint density at radius 1 is 0.812 bits per heavy atom. The summed E-state index contributed by atoms with van der Waals surface area (Å²) in [5.41, 5.74) is 2.07. The second-order valence-electron chi connectivity index (χ2n) is 10.9. The van der Waals surface area contributed by atoms with Crippen molar-refractivity contribution in [3.8, 4) is 11.5 Å². The Bertz CT molecular complexity index is 1510. The van der Waals surface area contributed by atoms with E-state index in [1.165, 1.54) is 14.2 Å². The second kappa shape index (κ2) is 16.2. The Labute approximate surface area is 275 Å². The van der Waals surface area contributed by atoms with Crippen LogP contribution in [0.4, 0.5) is 0 Å². The molecule has 0 radical (unpaired) electrons. The van der Waals surface area contributed by atoms with Crippen molar-refractivity contribution in [3.05, 3.63) is 33.9 Å². The Morgan fingerprint density at radius 3 is 1.98 bits per heavy atom. The highest BCUT2D eigenvalue weighted by atomic mass is 16.7. The van der Waals surface area contributed by atoms with Gasteiger partial charge in [-0.3, -0.25) is 24.0 Å². The zero-order valence-electron chi connectivity index (χ0n) is 27.8. The summed E-state index contributed by atoms with van der Waals surface area (Å²) in [7, 11) is 2.68. The van der Waals surface area contributed by atoms with Crippen LogP contribution in [-0.4, -0.2) is 86.7 Å². The first kappa shape index (κ1) is 37.5. The predicted molar refractivity (Wildman–Crippen MR) is 158 cm³/mol. The lowest BCUT2D eigenvalue weighted by molar-refractivity contribution is -0.282. The monoisotopic (exact) mass is 678 g/mol. The van der Waals surface area contributed by atoms with E-state index in [-0.39, 0.29) is 30.8 Å². The van der Waals surface area contributed by atoms with Crippen LogP contribution in [0.15, 0.2) is 11.6 Å². The fourth-order valence-corrected chi connectivity index (χ4v) is 5.29. The average molecular weight is 679 g/mol. The number of methoxy groups -OCH3 is 2. The summed E-state index contributed by atoms with van der Waals surface area (Å²) < 4.78 is 48.8. The standard InChI is InChI=1S/C32H38O16/c1-14(10-12-22(37)40-7)9-11-20-24(41-8)15(2)21-13-42-30(38)23(21)25(20)47-32-29(45-18(5)35)27(44-17(4)34)26(43-16(3)33)28(48-32)31(39)46-19(6)36/h9,26-29,32H,10-13H2,1-8H3/b14-9+/t26-,27-,28-,29+,32+/m0/s1. The highest BCUT2D eigenvalue weighted by Gasteiger charge is 2.56. The molecule has 16 nitrogen and oxygen atoms in total. The first-order valence-corrected chi connectivity index (χ1v) is 14.8. The van der Waals surface area contributed by atoms with Crippen molar-refractivity contribution in [2.75, 3.05) is 14.2 Å². The van der Waals surface area contributed by atoms with Crippen LogP contribution in [-0.2, 0) is 75.0 Å². The van der Waals surface area contributed by atoms with Gasteiger partial charge in [-0.15, -0.1) is 0 Å². The molecule has 5 atom stereocenters. The fourth-order valence-electron chi connectivity index (χ4n) is 5.29. The van der Waals surface area contributed by atoms with Crippen LogP contribution in [0.25, 0.3) is 0 Å². The van der Waals surface area contributed by atoms with Gasteiger partial charge in [0.15, 0.2) is 18.3 Å². The lowest BCUT2D eigenvalue weighted by Crippen LogP contribution is -2.64. The van der Waals surface area contributed by atoms with Gasteiger partial charge in [-0.2, -0.15) is 0 Å². The molecule has 1 fully saturated rings. The van der Waals surface area contributed by atoms with Crippen LogP contribution in [0.1, 0.15) is 74.5 Å². The molecule has 0 aliphatic carbocycles. The van der Waals surface area contributed by atoms with Crippen LogP contribution in [0.5, 0.6) is 11.5 Å². The maximum absolute atomic E-state index is 13.1. The fraction of sp³-hybridized carbons (Fsp3) is 0.531. The Balaban J connectivity index is 2.24. The molecular formula is C32H38O16. The number of ether oxygens (including phenoxy) is 9. The van der Waals surface area contributed by atoms with E-state index in [0.29, 0.717) is 28.9 Å². The van der Waals surface area contributed by atoms with Gasteiger partial charge in [-0.1, -0.05) is 11.6 Å². The van der Waals surface area contributed by atoms with Gasteiger partial charge in [0, 0.05) is 45.2 Å². The summed E-state index contributed by atoms with van der Waals surface area (Å²) in [6.45, 7) is 7.38. The maximum atomic E-state index is 13.1. The SMILES string of the molecule is COC(=O)CC/C(C)=C/Cc1c(OC)c(C)c2c(c1O[C@@H]1O[C@H](C(=O)OC(C)=O)[C@@H](OC(C)=O)[C@H](OC(C)=O)[C@H]1OC(C)=O)C(=O)OC2. The highest BCUT2D eigenvalue weighted by molar-refractivity contribution is 5.98. The van der Waals surface area contributed by atoms with E-state index in [0.717, 1.165) is 33.3 Å². The zero-order chi connectivity index (χ0) is 35.9. The molecule has 2 aliphatic rings. The van der Waals surface area contributed by atoms with Crippen LogP contribution in [0.2, 0.25) is 0 Å². The summed E-state index contributed by atoms with van der Waals surface area (Å²) in [6.07, 6.45) is -6.67. The maximum Gasteiger partial charge on any atom is 0.347 e. The number of hydrogen-bond acceptors (Lipinski definition) is 16. The minimum absolute atomic E-state index is 0.0110. The summed E-state index contributed by atoms with van der Waals surface area (Å²) in [4.78, 5) is 86.4. The van der Waals surface area contributed by atoms with E-state index in [1.54, 1.807) is 19.9 Å². The minimum Gasteiger partial charge on any atom is -0.496 e. The number of rotatable bonds is 12. The smallest absolute Gasteiger partial charge is 0.347 e. The number of fused-ring (bicyclic) bond motifs is 1. The van der Waals surface area contributed by atoms with Crippen molar-refractivity contribution >= 4 is 41.8 Å². The molecule has 1 aromatic rings. The molecule has 1 aromatic carbocycles. The number of allylic oxidation sites excluding steroid dienone is 2. The van der Waals surface area contributed by atoms with Gasteiger partial charge in [-0.05, 0) is 32.3 Å². The number of cyclic esters (lactones) is 1. The molecule has 0 spiro atoms. The third-order valence-corrected chi connectivity index (χ3v) is 7.34. The summed E-state index contributed by atoms with van der Waals surface area (Å²) >= 11 is 0. The molecule has 0 N–H and O–H groups in total. The van der Waals surface area contributed by atoms with Gasteiger partial charge in [0.25, 0.3) is 0 Å². The molecule has 262 valence electrons. The zero-order valence-corrected chi connectivity index (χ0v) is 27.8. The normalized spacial score (nSPS) is 21.6. The van der Waals surface area contributed by atoms with Crippen molar-refractivity contribution in [1.29, 1.82) is 0 Å². The van der Waals surface area contributed by atoms with Gasteiger partial charge in [-0.25, -0.2) is 9.59 Å². The minimum atomic E-state index is -1.95.